The molecule has 4 N–H and O–H groups in total. The summed E-state index contributed by atoms with van der Waals surface area (Å²) in [5.74, 6) is 1.02. The van der Waals surface area contributed by atoms with Crippen LogP contribution in [0.3, 0.4) is 0 Å². The predicted octanol–water partition coefficient (Wildman–Crippen LogP) is 3.57. The fourth-order valence-corrected chi connectivity index (χ4v) is 3.44. The van der Waals surface area contributed by atoms with Crippen LogP contribution in [-0.2, 0) is 13.5 Å². The van der Waals surface area contributed by atoms with E-state index < -0.39 is 0 Å². The second-order valence-electron chi connectivity index (χ2n) is 7.27. The molecule has 3 aromatic heterocycles. The molecule has 7 nitrogen and oxygen atoms in total. The summed E-state index contributed by atoms with van der Waals surface area (Å²) in [7, 11) is 3.84. The molecule has 0 saturated heterocycles. The standard InChI is InChI=1S/C22H24FN7/c1-13-18(11-26-12-20(13)24)17-6-14-8-21(27-10-15(14)7-19(17)23)28-22-9-16(4-5-25-2)30(3)29-22/h6-12,25H,4-5,24H2,1-3H3,(H,27,28,29). The van der Waals surface area contributed by atoms with Crippen LogP contribution in [0.25, 0.3) is 21.9 Å². The summed E-state index contributed by atoms with van der Waals surface area (Å²) in [6.45, 7) is 2.74. The van der Waals surface area contributed by atoms with Crippen LogP contribution < -0.4 is 16.4 Å². The Morgan fingerprint density at radius 2 is 1.87 bits per heavy atom. The van der Waals surface area contributed by atoms with Crippen LogP contribution in [0.2, 0.25) is 0 Å². The number of fused-ring (bicyclic) bond motifs is 1. The van der Waals surface area contributed by atoms with E-state index in [2.05, 4.69) is 25.7 Å². The highest BCUT2D eigenvalue weighted by Gasteiger charge is 2.13. The van der Waals surface area contributed by atoms with Crippen molar-refractivity contribution in [2.75, 3.05) is 24.6 Å². The Labute approximate surface area is 174 Å². The van der Waals surface area contributed by atoms with Crippen molar-refractivity contribution in [2.24, 2.45) is 7.05 Å². The molecule has 1 aromatic carbocycles. The molecule has 154 valence electrons. The molecule has 0 aliphatic carbocycles. The zero-order chi connectivity index (χ0) is 21.3. The van der Waals surface area contributed by atoms with Crippen molar-refractivity contribution in [1.82, 2.24) is 25.1 Å². The fraction of sp³-hybridized carbons (Fsp3) is 0.227. The van der Waals surface area contributed by atoms with Gasteiger partial charge >= 0.3 is 0 Å². The Bertz CT molecular complexity index is 1220. The number of nitrogens with two attached hydrogens (primary N) is 1. The number of likely N-dealkylation sites (N-methyl/N-ethyl adjacent to an activating group) is 1. The second-order valence-corrected chi connectivity index (χ2v) is 7.27. The lowest BCUT2D eigenvalue weighted by atomic mass is 9.99. The third-order valence-electron chi connectivity index (χ3n) is 5.22. The van der Waals surface area contributed by atoms with Gasteiger partial charge in [-0.25, -0.2) is 9.37 Å². The van der Waals surface area contributed by atoms with Crippen molar-refractivity contribution in [2.45, 2.75) is 13.3 Å². The topological polar surface area (TPSA) is 93.7 Å². The number of hydrogen-bond donors (Lipinski definition) is 3. The Kier molecular flexibility index (Phi) is 5.33. The maximum absolute atomic E-state index is 14.8. The molecule has 0 atom stereocenters. The first-order chi connectivity index (χ1) is 14.5. The molecular formula is C22H24FN7. The van der Waals surface area contributed by atoms with Crippen LogP contribution in [0.4, 0.5) is 21.7 Å². The summed E-state index contributed by atoms with van der Waals surface area (Å²) >= 11 is 0. The third kappa shape index (κ3) is 3.81. The normalized spacial score (nSPS) is 11.2. The molecule has 0 aliphatic rings. The van der Waals surface area contributed by atoms with Gasteiger partial charge in [0.1, 0.15) is 11.6 Å². The van der Waals surface area contributed by atoms with Gasteiger partial charge in [-0.2, -0.15) is 5.10 Å². The van der Waals surface area contributed by atoms with Crippen LogP contribution in [0, 0.1) is 12.7 Å². The van der Waals surface area contributed by atoms with Crippen LogP contribution in [0.1, 0.15) is 11.3 Å². The fourth-order valence-electron chi connectivity index (χ4n) is 3.44. The average Bonchev–Trinajstić information content (AvgIpc) is 3.07. The van der Waals surface area contributed by atoms with Crippen molar-refractivity contribution in [3.05, 3.63) is 59.9 Å². The number of hydrogen-bond acceptors (Lipinski definition) is 6. The van der Waals surface area contributed by atoms with E-state index >= 15 is 0 Å². The summed E-state index contributed by atoms with van der Waals surface area (Å²) < 4.78 is 16.6. The van der Waals surface area contributed by atoms with Crippen LogP contribution in [0.5, 0.6) is 0 Å². The number of pyridine rings is 2. The minimum absolute atomic E-state index is 0.334. The smallest absolute Gasteiger partial charge is 0.153 e. The maximum Gasteiger partial charge on any atom is 0.153 e. The lowest BCUT2D eigenvalue weighted by Crippen LogP contribution is -2.12. The Balaban J connectivity index is 1.68. The number of anilines is 3. The molecule has 0 unspecified atom stereocenters. The number of nitrogen functional groups attached to an aromatic ring is 1. The van der Waals surface area contributed by atoms with E-state index in [0.717, 1.165) is 29.6 Å². The van der Waals surface area contributed by atoms with Crippen LogP contribution >= 0.6 is 0 Å². The molecular weight excluding hydrogens is 381 g/mol. The SMILES string of the molecule is CNCCc1cc(Nc2cc3cc(-c4cncc(N)c4C)c(F)cc3cn2)nn1C. The van der Waals surface area contributed by atoms with E-state index in [1.54, 1.807) is 24.7 Å². The summed E-state index contributed by atoms with van der Waals surface area (Å²) in [6.07, 6.45) is 5.74. The van der Waals surface area contributed by atoms with Gasteiger partial charge in [0.05, 0.1) is 11.9 Å². The summed E-state index contributed by atoms with van der Waals surface area (Å²) in [6, 6.07) is 7.18. The minimum atomic E-state index is -0.334. The number of aromatic nitrogens is 4. The first kappa shape index (κ1) is 19.8. The number of halogens is 1. The number of nitrogens with one attached hydrogen (secondary N) is 2. The number of nitrogens with zero attached hydrogens (tertiary/aromatic N) is 4. The molecule has 0 saturated carbocycles. The predicted molar refractivity (Wildman–Crippen MR) is 118 cm³/mol. The number of benzene rings is 1. The van der Waals surface area contributed by atoms with E-state index in [1.807, 2.05) is 37.8 Å². The zero-order valence-electron chi connectivity index (χ0n) is 17.2. The van der Waals surface area contributed by atoms with Gasteiger partial charge < -0.3 is 16.4 Å². The second kappa shape index (κ2) is 8.08. The van der Waals surface area contributed by atoms with Gasteiger partial charge in [0.2, 0.25) is 0 Å². The molecule has 0 amide bonds. The largest absolute Gasteiger partial charge is 0.397 e. The van der Waals surface area contributed by atoms with Gasteiger partial charge in [0, 0.05) is 60.7 Å². The molecule has 30 heavy (non-hydrogen) atoms. The number of rotatable bonds is 6. The van der Waals surface area contributed by atoms with Crippen LogP contribution in [-0.4, -0.2) is 33.3 Å². The number of aryl methyl sites for hydroxylation is 1. The monoisotopic (exact) mass is 405 g/mol. The van der Waals surface area contributed by atoms with Crippen molar-refractivity contribution >= 4 is 28.1 Å². The van der Waals surface area contributed by atoms with Crippen molar-refractivity contribution in [3.63, 3.8) is 0 Å². The molecule has 0 aliphatic heterocycles. The lowest BCUT2D eigenvalue weighted by Gasteiger charge is -2.11. The van der Waals surface area contributed by atoms with E-state index in [0.29, 0.717) is 33.8 Å². The highest BCUT2D eigenvalue weighted by molar-refractivity contribution is 5.90. The molecule has 0 fully saturated rings. The molecule has 8 heteroatoms. The highest BCUT2D eigenvalue weighted by Crippen LogP contribution is 2.32. The van der Waals surface area contributed by atoms with Gasteiger partial charge in [0.25, 0.3) is 0 Å². The van der Waals surface area contributed by atoms with Gasteiger partial charge in [-0.05, 0) is 43.1 Å². The van der Waals surface area contributed by atoms with Crippen molar-refractivity contribution in [3.8, 4) is 11.1 Å². The highest BCUT2D eigenvalue weighted by atomic mass is 19.1. The third-order valence-corrected chi connectivity index (χ3v) is 5.22. The Morgan fingerprint density at radius 3 is 2.67 bits per heavy atom. The summed E-state index contributed by atoms with van der Waals surface area (Å²) in [4.78, 5) is 8.52. The molecule has 0 bridgehead atoms. The van der Waals surface area contributed by atoms with Gasteiger partial charge in [-0.15, -0.1) is 0 Å². The van der Waals surface area contributed by atoms with Gasteiger partial charge in [0.15, 0.2) is 5.82 Å². The van der Waals surface area contributed by atoms with Gasteiger partial charge in [-0.3, -0.25) is 9.67 Å². The Hall–Kier alpha value is -3.52. The summed E-state index contributed by atoms with van der Waals surface area (Å²) in [5, 5.41) is 12.4. The van der Waals surface area contributed by atoms with E-state index in [4.69, 9.17) is 5.73 Å². The van der Waals surface area contributed by atoms with Crippen molar-refractivity contribution in [1.29, 1.82) is 0 Å². The first-order valence-corrected chi connectivity index (χ1v) is 9.70. The van der Waals surface area contributed by atoms with E-state index in [1.165, 1.54) is 6.07 Å². The molecule has 4 rings (SSSR count). The first-order valence-electron chi connectivity index (χ1n) is 9.70. The minimum Gasteiger partial charge on any atom is -0.397 e. The Morgan fingerprint density at radius 1 is 1.03 bits per heavy atom. The zero-order valence-corrected chi connectivity index (χ0v) is 17.2. The summed E-state index contributed by atoms with van der Waals surface area (Å²) in [5.41, 5.74) is 9.55. The molecule has 0 spiro atoms. The van der Waals surface area contributed by atoms with E-state index in [-0.39, 0.29) is 5.82 Å². The molecule has 0 radical (unpaired) electrons. The maximum atomic E-state index is 14.8. The van der Waals surface area contributed by atoms with Crippen LogP contribution in [0.15, 0.2) is 42.9 Å². The molecule has 3 heterocycles. The average molecular weight is 405 g/mol. The quantitative estimate of drug-likeness (QED) is 0.454. The van der Waals surface area contributed by atoms with Crippen molar-refractivity contribution < 1.29 is 4.39 Å². The molecule has 4 aromatic rings. The van der Waals surface area contributed by atoms with Gasteiger partial charge in [-0.1, -0.05) is 0 Å². The van der Waals surface area contributed by atoms with E-state index in [9.17, 15) is 4.39 Å². The lowest BCUT2D eigenvalue weighted by molar-refractivity contribution is 0.633.